The number of amides is 1. The number of aliphatic hydroxyl groups is 3. The van der Waals surface area contributed by atoms with Gasteiger partial charge in [0.15, 0.2) is 0 Å². The van der Waals surface area contributed by atoms with E-state index in [0.29, 0.717) is 6.42 Å². The Balaban J connectivity index is 3.54. The molecule has 4 N–H and O–H groups in total. The summed E-state index contributed by atoms with van der Waals surface area (Å²) in [4.78, 5) is 12.4. The highest BCUT2D eigenvalue weighted by molar-refractivity contribution is 5.76. The highest BCUT2D eigenvalue weighted by Gasteiger charge is 2.20. The lowest BCUT2D eigenvalue weighted by Gasteiger charge is -2.21. The van der Waals surface area contributed by atoms with Crippen molar-refractivity contribution in [3.8, 4) is 0 Å². The Bertz CT molecular complexity index is 881. The summed E-state index contributed by atoms with van der Waals surface area (Å²) in [5.74, 6) is -0.332. The lowest BCUT2D eigenvalue weighted by Crippen LogP contribution is -2.45. The molecule has 0 aliphatic heterocycles. The van der Waals surface area contributed by atoms with E-state index >= 15 is 0 Å². The molecule has 5 nitrogen and oxygen atoms in total. The van der Waals surface area contributed by atoms with Crippen molar-refractivity contribution < 1.29 is 20.1 Å². The normalized spacial score (nSPS) is 13.9. The maximum Gasteiger partial charge on any atom is 0.222 e. The molecule has 0 saturated heterocycles. The van der Waals surface area contributed by atoms with Gasteiger partial charge in [0.25, 0.3) is 0 Å². The van der Waals surface area contributed by atoms with E-state index in [4.69, 9.17) is 0 Å². The van der Waals surface area contributed by atoms with Gasteiger partial charge in [-0.2, -0.15) is 0 Å². The summed E-state index contributed by atoms with van der Waals surface area (Å²) in [6.45, 7) is 4.08. The zero-order valence-electron chi connectivity index (χ0n) is 35.8. The van der Waals surface area contributed by atoms with Crippen molar-refractivity contribution >= 4 is 5.91 Å². The van der Waals surface area contributed by atoms with E-state index in [0.717, 1.165) is 44.9 Å². The minimum Gasteiger partial charge on any atom is -0.394 e. The van der Waals surface area contributed by atoms with Crippen LogP contribution in [0.5, 0.6) is 0 Å². The molecule has 3 atom stereocenters. The highest BCUT2D eigenvalue weighted by atomic mass is 16.3. The number of allylic oxidation sites excluding steroid dienone is 7. The smallest absolute Gasteiger partial charge is 0.222 e. The Labute approximate surface area is 336 Å². The molecule has 0 aliphatic rings. The number of unbranched alkanes of at least 4 members (excludes halogenated alkanes) is 27. The first-order chi connectivity index (χ1) is 26.5. The maximum atomic E-state index is 12.4. The van der Waals surface area contributed by atoms with Crippen LogP contribution in [0.25, 0.3) is 0 Å². The Morgan fingerprint density at radius 2 is 0.852 bits per heavy atom. The lowest BCUT2D eigenvalue weighted by atomic mass is 10.0. The van der Waals surface area contributed by atoms with Gasteiger partial charge >= 0.3 is 0 Å². The standard InChI is InChI=1S/C49H91NO4/c1-3-5-7-9-11-13-15-16-17-18-19-20-21-22-23-24-25-26-27-28-29-30-31-32-33-34-36-38-40-42-46(52)44-49(54)50-47(45-51)48(53)43-41-39-37-35-14-12-10-8-6-4-2/h6,8,14,22-23,35,41,43,46-48,51-53H,3-5,7,9-13,15-21,24-34,36-40,42,44-45H2,1-2H3,(H,50,54)/b8-6+,23-22-,35-14+,43-41+. The van der Waals surface area contributed by atoms with E-state index in [1.807, 2.05) is 6.08 Å². The molecule has 0 saturated carbocycles. The Morgan fingerprint density at radius 3 is 1.28 bits per heavy atom. The van der Waals surface area contributed by atoms with Crippen LogP contribution in [0.4, 0.5) is 0 Å². The fourth-order valence-corrected chi connectivity index (χ4v) is 7.02. The van der Waals surface area contributed by atoms with Gasteiger partial charge in [0.1, 0.15) is 0 Å². The van der Waals surface area contributed by atoms with Gasteiger partial charge in [-0.25, -0.2) is 0 Å². The predicted octanol–water partition coefficient (Wildman–Crippen LogP) is 13.7. The van der Waals surface area contributed by atoms with Crippen molar-refractivity contribution in [2.45, 2.75) is 250 Å². The van der Waals surface area contributed by atoms with Crippen LogP contribution in [0.15, 0.2) is 48.6 Å². The topological polar surface area (TPSA) is 89.8 Å². The number of hydrogen-bond donors (Lipinski definition) is 4. The molecule has 0 bridgehead atoms. The fourth-order valence-electron chi connectivity index (χ4n) is 7.02. The molecule has 0 aromatic carbocycles. The van der Waals surface area contributed by atoms with Crippen molar-refractivity contribution in [1.82, 2.24) is 5.32 Å². The van der Waals surface area contributed by atoms with E-state index in [9.17, 15) is 20.1 Å². The van der Waals surface area contributed by atoms with Gasteiger partial charge in [-0.1, -0.05) is 210 Å². The summed E-state index contributed by atoms with van der Waals surface area (Å²) >= 11 is 0. The van der Waals surface area contributed by atoms with E-state index in [-0.39, 0.29) is 18.9 Å². The number of carbonyl (C=O) groups excluding carboxylic acids is 1. The van der Waals surface area contributed by atoms with Gasteiger partial charge in [-0.15, -0.1) is 0 Å². The molecule has 0 spiro atoms. The monoisotopic (exact) mass is 758 g/mol. The second-order valence-corrected chi connectivity index (χ2v) is 16.0. The molecule has 0 fully saturated rings. The molecule has 54 heavy (non-hydrogen) atoms. The molecule has 0 radical (unpaired) electrons. The van der Waals surface area contributed by atoms with Crippen molar-refractivity contribution in [3.63, 3.8) is 0 Å². The zero-order valence-corrected chi connectivity index (χ0v) is 35.8. The van der Waals surface area contributed by atoms with Gasteiger partial charge < -0.3 is 20.6 Å². The van der Waals surface area contributed by atoms with E-state index in [1.54, 1.807) is 6.08 Å². The van der Waals surface area contributed by atoms with Crippen LogP contribution in [-0.4, -0.2) is 46.1 Å². The van der Waals surface area contributed by atoms with Gasteiger partial charge in [0.05, 0.1) is 31.3 Å². The van der Waals surface area contributed by atoms with Crippen LogP contribution < -0.4 is 5.32 Å². The first-order valence-corrected chi connectivity index (χ1v) is 23.4. The minimum atomic E-state index is -0.958. The molecule has 0 aliphatic carbocycles. The van der Waals surface area contributed by atoms with Gasteiger partial charge in [-0.05, 0) is 64.2 Å². The maximum absolute atomic E-state index is 12.4. The van der Waals surface area contributed by atoms with E-state index in [2.05, 4.69) is 55.6 Å². The van der Waals surface area contributed by atoms with E-state index in [1.165, 1.54) is 161 Å². The van der Waals surface area contributed by atoms with Crippen LogP contribution in [0.1, 0.15) is 232 Å². The number of carbonyl (C=O) groups is 1. The lowest BCUT2D eigenvalue weighted by molar-refractivity contribution is -0.124. The average molecular weight is 758 g/mol. The summed E-state index contributed by atoms with van der Waals surface area (Å²) in [5.41, 5.74) is 0. The van der Waals surface area contributed by atoms with Crippen molar-refractivity contribution in [3.05, 3.63) is 48.6 Å². The molecule has 0 aromatic heterocycles. The summed E-state index contributed by atoms with van der Waals surface area (Å²) in [6.07, 6.45) is 57.2. The SMILES string of the molecule is CC/C=C/CC/C=C/CC/C=C/C(O)C(CO)NC(=O)CC(O)CCCCCCCCCCCCCCC/C=C\CCCCCCCCCCCCCC. The first kappa shape index (κ1) is 52.3. The third-order valence-electron chi connectivity index (χ3n) is 10.6. The van der Waals surface area contributed by atoms with Crippen molar-refractivity contribution in [2.75, 3.05) is 6.61 Å². The van der Waals surface area contributed by atoms with Crippen LogP contribution in [0, 0.1) is 0 Å². The molecule has 0 rings (SSSR count). The zero-order chi connectivity index (χ0) is 39.4. The van der Waals surface area contributed by atoms with Crippen LogP contribution >= 0.6 is 0 Å². The summed E-state index contributed by atoms with van der Waals surface area (Å²) in [6, 6.07) is -0.766. The molecule has 1 amide bonds. The molecule has 0 aromatic rings. The van der Waals surface area contributed by atoms with Crippen molar-refractivity contribution in [1.29, 1.82) is 0 Å². The number of rotatable bonds is 42. The third kappa shape index (κ3) is 40.0. The summed E-state index contributed by atoms with van der Waals surface area (Å²) in [5, 5.41) is 33.1. The average Bonchev–Trinajstić information content (AvgIpc) is 3.16. The van der Waals surface area contributed by atoms with Crippen LogP contribution in [-0.2, 0) is 4.79 Å². The Kier molecular flexibility index (Phi) is 42.7. The predicted molar refractivity (Wildman–Crippen MR) is 236 cm³/mol. The third-order valence-corrected chi connectivity index (χ3v) is 10.6. The largest absolute Gasteiger partial charge is 0.394 e. The second-order valence-electron chi connectivity index (χ2n) is 16.0. The van der Waals surface area contributed by atoms with Crippen LogP contribution in [0.3, 0.4) is 0 Å². The van der Waals surface area contributed by atoms with Crippen LogP contribution in [0.2, 0.25) is 0 Å². The number of hydrogen-bond acceptors (Lipinski definition) is 4. The molecule has 316 valence electrons. The van der Waals surface area contributed by atoms with Crippen molar-refractivity contribution in [2.24, 2.45) is 0 Å². The summed E-state index contributed by atoms with van der Waals surface area (Å²) in [7, 11) is 0. The molecule has 3 unspecified atom stereocenters. The first-order valence-electron chi connectivity index (χ1n) is 23.4. The highest BCUT2D eigenvalue weighted by Crippen LogP contribution is 2.16. The van der Waals surface area contributed by atoms with Gasteiger partial charge in [0.2, 0.25) is 5.91 Å². The van der Waals surface area contributed by atoms with E-state index < -0.39 is 18.2 Å². The Morgan fingerprint density at radius 1 is 0.481 bits per heavy atom. The second kappa shape index (κ2) is 44.0. The number of aliphatic hydroxyl groups excluding tert-OH is 3. The van der Waals surface area contributed by atoms with Gasteiger partial charge in [0, 0.05) is 0 Å². The molecular weight excluding hydrogens is 667 g/mol. The minimum absolute atomic E-state index is 0.00175. The van der Waals surface area contributed by atoms with Gasteiger partial charge in [-0.3, -0.25) is 4.79 Å². The molecule has 5 heteroatoms. The fraction of sp³-hybridized carbons (Fsp3) is 0.816. The molecular formula is C49H91NO4. The quantitative estimate of drug-likeness (QED) is 0.0369. The Hall–Kier alpha value is -1.69. The summed E-state index contributed by atoms with van der Waals surface area (Å²) < 4.78 is 0. The number of nitrogens with one attached hydrogen (secondary N) is 1. The molecule has 0 heterocycles.